The van der Waals surface area contributed by atoms with Crippen molar-refractivity contribution in [2.45, 2.75) is 173 Å². The lowest BCUT2D eigenvalue weighted by Gasteiger charge is -2.71. The van der Waals surface area contributed by atoms with Gasteiger partial charge in [-0.2, -0.15) is 0 Å². The molecule has 20 atom stereocenters. The Morgan fingerprint density at radius 1 is 0.759 bits per heavy atom. The Morgan fingerprint density at radius 3 is 1.98 bits per heavy atom. The van der Waals surface area contributed by atoms with Crippen LogP contribution in [0.5, 0.6) is 0 Å². The molecule has 0 radical (unpaired) electrons. The molecule has 328 valence electrons. The van der Waals surface area contributed by atoms with Crippen LogP contribution in [-0.2, 0) is 33.3 Å². The molecule has 0 bridgehead atoms. The fraction of sp³-hybridized carbons (Fsp3) is 0.881. The van der Waals surface area contributed by atoms with Gasteiger partial charge in [0.2, 0.25) is 0 Å². The first-order valence-corrected chi connectivity index (χ1v) is 20.9. The molecule has 2 heterocycles. The number of fused-ring (bicyclic) bond motifs is 7. The summed E-state index contributed by atoms with van der Waals surface area (Å²) in [6.07, 6.45) is -11.4. The lowest BCUT2D eigenvalue weighted by Crippen LogP contribution is -2.68. The second-order valence-corrected chi connectivity index (χ2v) is 20.5. The average molecular weight is 825 g/mol. The standard InChI is InChI=1S/C42H64O16/c1-37(2)21-9-11-41(6)22(8-7-19-20-15-38(3,17-43)16-23(45)39(20,4)13-14-40(19,41)5)42(21,18-44)12-10-24(37)55-36-32(28(49)27(48)31(57-36)34(53)54)58-35-29(50)25(46)26(47)30(56-35)33(51)52/h7,18,20-32,35-36,43,45-50H,8-17H2,1-6H3,(H,51,52)(H,53,54). The first kappa shape index (κ1) is 44.0. The van der Waals surface area contributed by atoms with Crippen LogP contribution in [0.4, 0.5) is 0 Å². The minimum Gasteiger partial charge on any atom is -0.479 e. The zero-order valence-corrected chi connectivity index (χ0v) is 34.3. The molecule has 4 saturated carbocycles. The van der Waals surface area contributed by atoms with Gasteiger partial charge in [0.1, 0.15) is 42.9 Å². The van der Waals surface area contributed by atoms with E-state index >= 15 is 0 Å². The third-order valence-electron chi connectivity index (χ3n) is 17.3. The van der Waals surface area contributed by atoms with Crippen molar-refractivity contribution < 1.29 is 79.3 Å². The Labute approximate surface area is 338 Å². The monoisotopic (exact) mass is 824 g/mol. The van der Waals surface area contributed by atoms with E-state index < -0.39 is 102 Å². The molecular weight excluding hydrogens is 760 g/mol. The molecule has 7 rings (SSSR count). The van der Waals surface area contributed by atoms with Gasteiger partial charge in [0.05, 0.1) is 12.2 Å². The van der Waals surface area contributed by atoms with Crippen molar-refractivity contribution >= 4 is 18.2 Å². The van der Waals surface area contributed by atoms with Gasteiger partial charge in [-0.05, 0) is 97.2 Å². The first-order valence-electron chi connectivity index (χ1n) is 20.9. The molecule has 9 N–H and O–H groups in total. The van der Waals surface area contributed by atoms with Gasteiger partial charge in [-0.15, -0.1) is 0 Å². The van der Waals surface area contributed by atoms with Gasteiger partial charge in [0, 0.05) is 17.4 Å². The van der Waals surface area contributed by atoms with Crippen LogP contribution in [-0.4, -0.2) is 144 Å². The van der Waals surface area contributed by atoms with Crippen LogP contribution in [0.15, 0.2) is 11.6 Å². The van der Waals surface area contributed by atoms with Crippen molar-refractivity contribution in [3.63, 3.8) is 0 Å². The zero-order chi connectivity index (χ0) is 42.7. The van der Waals surface area contributed by atoms with Crippen molar-refractivity contribution in [3.05, 3.63) is 11.6 Å². The van der Waals surface area contributed by atoms with Gasteiger partial charge in [-0.3, -0.25) is 0 Å². The zero-order valence-electron chi connectivity index (χ0n) is 34.3. The molecule has 0 aromatic rings. The highest BCUT2D eigenvalue weighted by Crippen LogP contribution is 2.75. The number of carboxylic acids is 2. The van der Waals surface area contributed by atoms with Gasteiger partial charge in [0.15, 0.2) is 24.8 Å². The molecule has 7 aliphatic rings. The predicted octanol–water partition coefficient (Wildman–Crippen LogP) is 1.12. The normalized spacial score (nSPS) is 53.8. The van der Waals surface area contributed by atoms with E-state index in [4.69, 9.17) is 18.9 Å². The van der Waals surface area contributed by atoms with Crippen molar-refractivity contribution in [3.8, 4) is 0 Å². The number of aldehydes is 1. The van der Waals surface area contributed by atoms with Crippen LogP contribution in [0.3, 0.4) is 0 Å². The number of allylic oxidation sites excluding steroid dienone is 2. The SMILES string of the molecule is CC1(CO)CC(O)C2(C)CCC3(C)C(=CCC4C5(C=O)CCC(OC6OC(C(=O)O)C(O)C(O)C6OC6OC(C(=O)O)C(O)C(O)C6O)C(C)(C)C5CCC43C)C2C1. The maximum Gasteiger partial charge on any atom is 0.335 e. The molecule has 5 aliphatic carbocycles. The third-order valence-corrected chi connectivity index (χ3v) is 17.3. The van der Waals surface area contributed by atoms with E-state index in [9.17, 15) is 60.3 Å². The smallest absolute Gasteiger partial charge is 0.335 e. The highest BCUT2D eigenvalue weighted by atomic mass is 16.8. The van der Waals surface area contributed by atoms with Crippen molar-refractivity contribution in [2.75, 3.05) is 6.61 Å². The number of aliphatic carboxylic acids is 2. The number of carboxylic acid groups (broad SMARTS) is 2. The Hall–Kier alpha value is -2.09. The summed E-state index contributed by atoms with van der Waals surface area (Å²) in [4.78, 5) is 37.8. The van der Waals surface area contributed by atoms with Gasteiger partial charge < -0.3 is 69.7 Å². The molecular formula is C42H64O16. The Kier molecular flexibility index (Phi) is 11.2. The molecule has 2 saturated heterocycles. The fourth-order valence-electron chi connectivity index (χ4n) is 13.4. The molecule has 6 fully saturated rings. The number of carbonyl (C=O) groups is 3. The fourth-order valence-corrected chi connectivity index (χ4v) is 13.4. The van der Waals surface area contributed by atoms with E-state index in [0.29, 0.717) is 32.1 Å². The largest absolute Gasteiger partial charge is 0.479 e. The summed E-state index contributed by atoms with van der Waals surface area (Å²) < 4.78 is 23.4. The predicted molar refractivity (Wildman–Crippen MR) is 200 cm³/mol. The van der Waals surface area contributed by atoms with Crippen LogP contribution in [0, 0.1) is 50.2 Å². The van der Waals surface area contributed by atoms with E-state index in [2.05, 4.69) is 33.8 Å². The van der Waals surface area contributed by atoms with Gasteiger partial charge in [-0.1, -0.05) is 53.2 Å². The van der Waals surface area contributed by atoms with Crippen molar-refractivity contribution in [1.82, 2.24) is 0 Å². The summed E-state index contributed by atoms with van der Waals surface area (Å²) in [5.41, 5.74) is -1.42. The minimum atomic E-state index is -2.05. The van der Waals surface area contributed by atoms with Crippen molar-refractivity contribution in [2.24, 2.45) is 50.2 Å². The molecule has 0 amide bonds. The highest BCUT2D eigenvalue weighted by Gasteiger charge is 2.70. The minimum absolute atomic E-state index is 0.00118. The molecule has 0 aromatic carbocycles. The summed E-state index contributed by atoms with van der Waals surface area (Å²) in [5, 5.41) is 94.7. The second-order valence-electron chi connectivity index (χ2n) is 20.5. The average Bonchev–Trinajstić information content (AvgIpc) is 3.16. The molecule has 16 nitrogen and oxygen atoms in total. The number of aliphatic hydroxyl groups is 7. The van der Waals surface area contributed by atoms with Gasteiger partial charge >= 0.3 is 11.9 Å². The van der Waals surface area contributed by atoms with E-state index in [0.717, 1.165) is 32.0 Å². The summed E-state index contributed by atoms with van der Waals surface area (Å²) in [6, 6.07) is 0. The summed E-state index contributed by atoms with van der Waals surface area (Å²) in [7, 11) is 0. The maximum absolute atomic E-state index is 13.8. The summed E-state index contributed by atoms with van der Waals surface area (Å²) in [6.45, 7) is 12.9. The first-order chi connectivity index (χ1) is 27.0. The third kappa shape index (κ3) is 6.29. The van der Waals surface area contributed by atoms with Crippen LogP contribution in [0.2, 0.25) is 0 Å². The molecule has 20 unspecified atom stereocenters. The lowest BCUT2D eigenvalue weighted by molar-refractivity contribution is -0.371. The number of hydrogen-bond donors (Lipinski definition) is 9. The number of carbonyl (C=O) groups excluding carboxylic acids is 1. The Bertz CT molecular complexity index is 1650. The number of aliphatic hydroxyl groups excluding tert-OH is 7. The Balaban J connectivity index is 1.18. The Morgan fingerprint density at radius 2 is 1.38 bits per heavy atom. The molecule has 0 aromatic heterocycles. The van der Waals surface area contributed by atoms with E-state index in [-0.39, 0.29) is 40.6 Å². The molecule has 16 heteroatoms. The second kappa shape index (κ2) is 14.8. The van der Waals surface area contributed by atoms with Crippen LogP contribution in [0.1, 0.15) is 99.3 Å². The number of hydrogen-bond acceptors (Lipinski definition) is 14. The number of rotatable bonds is 8. The van der Waals surface area contributed by atoms with Gasteiger partial charge in [-0.25, -0.2) is 9.59 Å². The van der Waals surface area contributed by atoms with E-state index in [1.807, 2.05) is 13.8 Å². The van der Waals surface area contributed by atoms with Crippen molar-refractivity contribution in [1.29, 1.82) is 0 Å². The van der Waals surface area contributed by atoms with E-state index in [1.54, 1.807) is 0 Å². The summed E-state index contributed by atoms with van der Waals surface area (Å²) in [5.74, 6) is -3.42. The number of ether oxygens (including phenoxy) is 4. The molecule has 2 aliphatic heterocycles. The molecule has 58 heavy (non-hydrogen) atoms. The lowest BCUT2D eigenvalue weighted by atomic mass is 9.33. The van der Waals surface area contributed by atoms with Crippen LogP contribution < -0.4 is 0 Å². The highest BCUT2D eigenvalue weighted by molar-refractivity contribution is 5.74. The van der Waals surface area contributed by atoms with Crippen LogP contribution in [0.25, 0.3) is 0 Å². The maximum atomic E-state index is 13.8. The van der Waals surface area contributed by atoms with Gasteiger partial charge in [0.25, 0.3) is 0 Å². The topological polar surface area (TPSA) is 270 Å². The van der Waals surface area contributed by atoms with Crippen LogP contribution >= 0.6 is 0 Å². The summed E-state index contributed by atoms with van der Waals surface area (Å²) >= 11 is 0. The van der Waals surface area contributed by atoms with E-state index in [1.165, 1.54) is 5.57 Å². The quantitative estimate of drug-likeness (QED) is 0.0943. The molecule has 0 spiro atoms.